The Kier molecular flexibility index (Phi) is 4.61. The summed E-state index contributed by atoms with van der Waals surface area (Å²) >= 11 is 0. The van der Waals surface area contributed by atoms with Crippen LogP contribution in [0.25, 0.3) is 5.57 Å². The number of hydrogen-bond acceptors (Lipinski definition) is 2. The Labute approximate surface area is 91.7 Å². The molecule has 1 aliphatic rings. The van der Waals surface area contributed by atoms with Gasteiger partial charge in [0.15, 0.2) is 0 Å². The van der Waals surface area contributed by atoms with Crippen LogP contribution in [0.1, 0.15) is 26.3 Å². The van der Waals surface area contributed by atoms with Crippen LogP contribution in [0.5, 0.6) is 0 Å². The van der Waals surface area contributed by atoms with Crippen molar-refractivity contribution in [2.24, 2.45) is 4.99 Å². The molecule has 15 heavy (non-hydrogen) atoms. The van der Waals surface area contributed by atoms with Gasteiger partial charge in [0.25, 0.3) is 0 Å². The normalized spacial score (nSPS) is 18.3. The van der Waals surface area contributed by atoms with Crippen LogP contribution in [-0.4, -0.2) is 12.4 Å². The molecule has 1 unspecified atom stereocenters. The number of aliphatic imine (C=N–C) groups is 1. The van der Waals surface area contributed by atoms with Crippen LogP contribution in [0.3, 0.4) is 0 Å². The molecule has 0 saturated heterocycles. The summed E-state index contributed by atoms with van der Waals surface area (Å²) in [6.45, 7) is 6.09. The van der Waals surface area contributed by atoms with Crippen LogP contribution in [0.4, 0.5) is 0 Å². The average Bonchev–Trinajstić information content (AvgIpc) is 2.33. The second-order valence-electron chi connectivity index (χ2n) is 3.09. The molecule has 0 aliphatic carbocycles. The van der Waals surface area contributed by atoms with Crippen molar-refractivity contribution < 1.29 is 0 Å². The zero-order valence-electron chi connectivity index (χ0n) is 9.57. The number of hydrogen-bond donors (Lipinski definition) is 1. The molecule has 0 radical (unpaired) electrons. The highest BCUT2D eigenvalue weighted by Crippen LogP contribution is 2.20. The lowest BCUT2D eigenvalue weighted by atomic mass is 10.0. The molecule has 0 aromatic heterocycles. The van der Waals surface area contributed by atoms with Crippen LogP contribution in [0.2, 0.25) is 0 Å². The Bertz CT molecular complexity index is 339. The first-order valence-electron chi connectivity index (χ1n) is 5.41. The van der Waals surface area contributed by atoms with E-state index in [-0.39, 0.29) is 6.04 Å². The van der Waals surface area contributed by atoms with E-state index in [1.807, 2.05) is 38.2 Å². The number of benzene rings is 1. The van der Waals surface area contributed by atoms with Gasteiger partial charge in [0, 0.05) is 6.20 Å². The van der Waals surface area contributed by atoms with Gasteiger partial charge in [-0.1, -0.05) is 44.2 Å². The predicted octanol–water partition coefficient (Wildman–Crippen LogP) is 3.07. The quantitative estimate of drug-likeness (QED) is 0.743. The molecular formula is C13H18N2. The molecular weight excluding hydrogens is 184 g/mol. The van der Waals surface area contributed by atoms with Crippen LogP contribution in [0.15, 0.2) is 41.5 Å². The standard InChI is InChI=1S/C11H12N2.C2H6/c1-9-11(7-12-8-13-9)10-5-3-2-4-6-10;1-2/h2-9H,1H3,(H,12,13);1-2H3. The van der Waals surface area contributed by atoms with Crippen molar-refractivity contribution in [1.82, 2.24) is 5.32 Å². The summed E-state index contributed by atoms with van der Waals surface area (Å²) in [5, 5.41) is 3.01. The van der Waals surface area contributed by atoms with Crippen molar-refractivity contribution in [3.05, 3.63) is 42.1 Å². The molecule has 2 nitrogen and oxygen atoms in total. The Balaban J connectivity index is 0.000000531. The summed E-state index contributed by atoms with van der Waals surface area (Å²) in [5.74, 6) is 0. The lowest BCUT2D eigenvalue weighted by Gasteiger charge is -2.15. The van der Waals surface area contributed by atoms with Crippen LogP contribution in [-0.2, 0) is 0 Å². The van der Waals surface area contributed by atoms with Gasteiger partial charge in [-0.3, -0.25) is 4.99 Å². The van der Waals surface area contributed by atoms with Crippen LogP contribution < -0.4 is 5.32 Å². The molecule has 0 fully saturated rings. The molecule has 0 amide bonds. The Hall–Kier alpha value is -1.57. The van der Waals surface area contributed by atoms with E-state index in [9.17, 15) is 0 Å². The first kappa shape index (κ1) is 11.5. The van der Waals surface area contributed by atoms with E-state index in [4.69, 9.17) is 0 Å². The summed E-state index contributed by atoms with van der Waals surface area (Å²) < 4.78 is 0. The molecule has 2 rings (SSSR count). The van der Waals surface area contributed by atoms with Crippen molar-refractivity contribution in [1.29, 1.82) is 0 Å². The minimum absolute atomic E-state index is 0.253. The molecule has 1 aromatic carbocycles. The maximum atomic E-state index is 4.28. The second kappa shape index (κ2) is 6.02. The number of rotatable bonds is 1. The van der Waals surface area contributed by atoms with Gasteiger partial charge in [-0.05, 0) is 18.1 Å². The van der Waals surface area contributed by atoms with Crippen molar-refractivity contribution >= 4 is 11.9 Å². The third kappa shape index (κ3) is 2.94. The Morgan fingerprint density at radius 2 is 1.80 bits per heavy atom. The van der Waals surface area contributed by atoms with Gasteiger partial charge in [-0.2, -0.15) is 0 Å². The molecule has 1 heterocycles. The van der Waals surface area contributed by atoms with Gasteiger partial charge < -0.3 is 5.32 Å². The Morgan fingerprint density at radius 3 is 2.40 bits per heavy atom. The van der Waals surface area contributed by atoms with E-state index in [0.717, 1.165) is 0 Å². The second-order valence-corrected chi connectivity index (χ2v) is 3.09. The fraction of sp³-hybridized carbons (Fsp3) is 0.308. The topological polar surface area (TPSA) is 24.4 Å². The molecule has 0 spiro atoms. The van der Waals surface area contributed by atoms with Gasteiger partial charge in [0.05, 0.1) is 12.4 Å². The zero-order chi connectivity index (χ0) is 11.1. The summed E-state index contributed by atoms with van der Waals surface area (Å²) in [6.07, 6.45) is 3.74. The zero-order valence-corrected chi connectivity index (χ0v) is 9.57. The predicted molar refractivity (Wildman–Crippen MR) is 66.9 cm³/mol. The molecule has 1 aromatic rings. The van der Waals surface area contributed by atoms with Gasteiger partial charge in [-0.25, -0.2) is 0 Å². The molecule has 0 saturated carbocycles. The van der Waals surface area contributed by atoms with Gasteiger partial charge >= 0.3 is 0 Å². The summed E-state index contributed by atoms with van der Waals surface area (Å²) in [6, 6.07) is 10.6. The summed E-state index contributed by atoms with van der Waals surface area (Å²) in [5.41, 5.74) is 2.47. The highest BCUT2D eigenvalue weighted by molar-refractivity contribution is 5.75. The maximum Gasteiger partial charge on any atom is 0.0870 e. The van der Waals surface area contributed by atoms with E-state index in [1.165, 1.54) is 11.1 Å². The van der Waals surface area contributed by atoms with E-state index in [1.54, 1.807) is 6.34 Å². The minimum atomic E-state index is 0.253. The van der Waals surface area contributed by atoms with Crippen molar-refractivity contribution in [2.45, 2.75) is 26.8 Å². The number of nitrogens with one attached hydrogen (secondary N) is 1. The molecule has 1 atom stereocenters. The van der Waals surface area contributed by atoms with E-state index < -0.39 is 0 Å². The molecule has 80 valence electrons. The van der Waals surface area contributed by atoms with E-state index in [2.05, 4.69) is 29.4 Å². The third-order valence-electron chi connectivity index (χ3n) is 2.17. The monoisotopic (exact) mass is 202 g/mol. The van der Waals surface area contributed by atoms with Gasteiger partial charge in [-0.15, -0.1) is 0 Å². The summed E-state index contributed by atoms with van der Waals surface area (Å²) in [7, 11) is 0. The lowest BCUT2D eigenvalue weighted by Crippen LogP contribution is -2.15. The minimum Gasteiger partial charge on any atom is -0.353 e. The van der Waals surface area contributed by atoms with Crippen LogP contribution >= 0.6 is 0 Å². The van der Waals surface area contributed by atoms with Crippen molar-refractivity contribution in [3.8, 4) is 0 Å². The highest BCUT2D eigenvalue weighted by Gasteiger charge is 2.10. The first-order chi connectivity index (χ1) is 7.38. The molecule has 1 aliphatic heterocycles. The fourth-order valence-corrected chi connectivity index (χ4v) is 1.44. The van der Waals surface area contributed by atoms with E-state index >= 15 is 0 Å². The molecule has 1 N–H and O–H groups in total. The average molecular weight is 202 g/mol. The van der Waals surface area contributed by atoms with Crippen LogP contribution in [0, 0.1) is 0 Å². The van der Waals surface area contributed by atoms with E-state index in [0.29, 0.717) is 0 Å². The fourth-order valence-electron chi connectivity index (χ4n) is 1.44. The maximum absolute atomic E-state index is 4.28. The number of nitrogens with zero attached hydrogens (tertiary/aromatic N) is 1. The van der Waals surface area contributed by atoms with Gasteiger partial charge in [0.2, 0.25) is 0 Å². The highest BCUT2D eigenvalue weighted by atomic mass is 15.0. The van der Waals surface area contributed by atoms with Crippen molar-refractivity contribution in [3.63, 3.8) is 0 Å². The van der Waals surface area contributed by atoms with Gasteiger partial charge in [0.1, 0.15) is 0 Å². The smallest absolute Gasteiger partial charge is 0.0870 e. The Morgan fingerprint density at radius 1 is 1.13 bits per heavy atom. The largest absolute Gasteiger partial charge is 0.353 e. The summed E-state index contributed by atoms with van der Waals surface area (Å²) in [4.78, 5) is 4.28. The lowest BCUT2D eigenvalue weighted by molar-refractivity contribution is 0.919. The first-order valence-corrected chi connectivity index (χ1v) is 5.41. The molecule has 0 bridgehead atoms. The third-order valence-corrected chi connectivity index (χ3v) is 2.17. The molecule has 2 heteroatoms. The SMILES string of the molecule is CC.CC1N=CNC=C1c1ccccc1. The van der Waals surface area contributed by atoms with Crippen molar-refractivity contribution in [2.75, 3.05) is 0 Å².